The van der Waals surface area contributed by atoms with Gasteiger partial charge in [0.2, 0.25) is 11.8 Å². The van der Waals surface area contributed by atoms with Crippen LogP contribution in [0.5, 0.6) is 0 Å². The molecule has 0 spiro atoms. The smallest absolute Gasteiger partial charge is 0.239 e. The summed E-state index contributed by atoms with van der Waals surface area (Å²) < 4.78 is 0. The van der Waals surface area contributed by atoms with Gasteiger partial charge < -0.3 is 10.2 Å². The number of carbonyl (C=O) groups is 2. The van der Waals surface area contributed by atoms with Gasteiger partial charge in [-0.3, -0.25) is 9.59 Å². The fourth-order valence-corrected chi connectivity index (χ4v) is 2.30. The Bertz CT molecular complexity index is 626. The molecule has 0 unspecified atom stereocenters. The fraction of sp³-hybridized carbons (Fsp3) is 0.263. The summed E-state index contributed by atoms with van der Waals surface area (Å²) in [6.07, 6.45) is 0.783. The third-order valence-electron chi connectivity index (χ3n) is 3.57. The van der Waals surface area contributed by atoms with Crippen LogP contribution < -0.4 is 5.32 Å². The zero-order valence-electron chi connectivity index (χ0n) is 13.4. The number of hydrogen-bond donors (Lipinski definition) is 1. The molecule has 0 aliphatic carbocycles. The van der Waals surface area contributed by atoms with Gasteiger partial charge in [-0.2, -0.15) is 0 Å². The predicted molar refractivity (Wildman–Crippen MR) is 90.7 cm³/mol. The number of benzene rings is 2. The van der Waals surface area contributed by atoms with Crippen molar-refractivity contribution >= 4 is 11.8 Å². The van der Waals surface area contributed by atoms with Gasteiger partial charge in [0.25, 0.3) is 0 Å². The van der Waals surface area contributed by atoms with Crippen LogP contribution in [0.4, 0.5) is 0 Å². The largest absolute Gasteiger partial charge is 0.354 e. The number of nitrogens with one attached hydrogen (secondary N) is 1. The van der Waals surface area contributed by atoms with Gasteiger partial charge in [0.1, 0.15) is 0 Å². The van der Waals surface area contributed by atoms with Crippen LogP contribution in [-0.2, 0) is 22.6 Å². The molecular formula is C19H22N2O2. The van der Waals surface area contributed by atoms with Crippen molar-refractivity contribution in [3.05, 3.63) is 71.8 Å². The Morgan fingerprint density at radius 3 is 2.04 bits per heavy atom. The van der Waals surface area contributed by atoms with E-state index in [0.29, 0.717) is 13.1 Å². The third-order valence-corrected chi connectivity index (χ3v) is 3.57. The van der Waals surface area contributed by atoms with Crippen LogP contribution in [0.2, 0.25) is 0 Å². The Labute approximate surface area is 137 Å². The highest BCUT2D eigenvalue weighted by molar-refractivity contribution is 5.83. The summed E-state index contributed by atoms with van der Waals surface area (Å²) in [6, 6.07) is 19.7. The number of hydrogen-bond acceptors (Lipinski definition) is 2. The molecule has 0 radical (unpaired) electrons. The lowest BCUT2D eigenvalue weighted by Gasteiger charge is -2.20. The molecule has 2 aromatic carbocycles. The van der Waals surface area contributed by atoms with E-state index in [1.54, 1.807) is 4.90 Å². The Kier molecular flexibility index (Phi) is 6.36. The lowest BCUT2D eigenvalue weighted by molar-refractivity contribution is -0.134. The van der Waals surface area contributed by atoms with Crippen LogP contribution in [-0.4, -0.2) is 29.8 Å². The molecule has 23 heavy (non-hydrogen) atoms. The molecule has 2 rings (SSSR count). The van der Waals surface area contributed by atoms with Crippen molar-refractivity contribution in [2.45, 2.75) is 19.9 Å². The van der Waals surface area contributed by atoms with E-state index in [2.05, 4.69) is 5.32 Å². The van der Waals surface area contributed by atoms with Crippen LogP contribution in [0.3, 0.4) is 0 Å². The maximum atomic E-state index is 12.0. The van der Waals surface area contributed by atoms with E-state index in [0.717, 1.165) is 12.0 Å². The first-order chi connectivity index (χ1) is 11.1. The van der Waals surface area contributed by atoms with Crippen LogP contribution in [0.1, 0.15) is 18.1 Å². The number of carbonyl (C=O) groups excluding carboxylic acids is 2. The minimum atomic E-state index is -0.132. The molecule has 4 nitrogen and oxygen atoms in total. The van der Waals surface area contributed by atoms with Crippen LogP contribution >= 0.6 is 0 Å². The Morgan fingerprint density at radius 2 is 1.48 bits per heavy atom. The van der Waals surface area contributed by atoms with Gasteiger partial charge in [0, 0.05) is 20.0 Å². The normalized spacial score (nSPS) is 10.1. The minimum Gasteiger partial charge on any atom is -0.354 e. The van der Waals surface area contributed by atoms with E-state index in [1.807, 2.05) is 60.7 Å². The highest BCUT2D eigenvalue weighted by Crippen LogP contribution is 2.04. The van der Waals surface area contributed by atoms with Crippen LogP contribution in [0.25, 0.3) is 0 Å². The molecule has 0 saturated carbocycles. The fourth-order valence-electron chi connectivity index (χ4n) is 2.30. The monoisotopic (exact) mass is 310 g/mol. The standard InChI is InChI=1S/C19H22N2O2/c1-16(22)21(14-18-10-6-3-7-11-18)15-19(23)20-13-12-17-8-4-2-5-9-17/h2-11H,12-15H2,1H3,(H,20,23). The SMILES string of the molecule is CC(=O)N(CC(=O)NCCc1ccccc1)Cc1ccccc1. The minimum absolute atomic E-state index is 0.0824. The Hall–Kier alpha value is -2.62. The van der Waals surface area contributed by atoms with Crippen LogP contribution in [0, 0.1) is 0 Å². The molecule has 0 saturated heterocycles. The molecule has 2 aromatic rings. The molecule has 0 fully saturated rings. The van der Waals surface area contributed by atoms with Gasteiger partial charge in [0.05, 0.1) is 6.54 Å². The molecule has 0 bridgehead atoms. The molecule has 4 heteroatoms. The van der Waals surface area contributed by atoms with E-state index in [-0.39, 0.29) is 18.4 Å². The molecule has 0 aliphatic rings. The molecule has 0 aliphatic heterocycles. The predicted octanol–water partition coefficient (Wildman–Crippen LogP) is 2.39. The van der Waals surface area contributed by atoms with Crippen molar-refractivity contribution in [2.75, 3.05) is 13.1 Å². The highest BCUT2D eigenvalue weighted by Gasteiger charge is 2.13. The highest BCUT2D eigenvalue weighted by atomic mass is 16.2. The summed E-state index contributed by atoms with van der Waals surface area (Å²) in [5.41, 5.74) is 2.19. The number of amides is 2. The molecular weight excluding hydrogens is 288 g/mol. The first-order valence-corrected chi connectivity index (χ1v) is 7.75. The summed E-state index contributed by atoms with van der Waals surface area (Å²) in [5, 5.41) is 2.87. The summed E-state index contributed by atoms with van der Waals surface area (Å²) in [4.78, 5) is 25.3. The van der Waals surface area contributed by atoms with Crippen molar-refractivity contribution in [1.29, 1.82) is 0 Å². The molecule has 2 amide bonds. The number of rotatable bonds is 7. The van der Waals surface area contributed by atoms with Crippen molar-refractivity contribution < 1.29 is 9.59 Å². The van der Waals surface area contributed by atoms with E-state index in [1.165, 1.54) is 12.5 Å². The first-order valence-electron chi connectivity index (χ1n) is 7.75. The van der Waals surface area contributed by atoms with Gasteiger partial charge in [-0.25, -0.2) is 0 Å². The maximum Gasteiger partial charge on any atom is 0.239 e. The average molecular weight is 310 g/mol. The van der Waals surface area contributed by atoms with Gasteiger partial charge in [-0.1, -0.05) is 60.7 Å². The maximum absolute atomic E-state index is 12.0. The topological polar surface area (TPSA) is 49.4 Å². The summed E-state index contributed by atoms with van der Waals surface area (Å²) in [7, 11) is 0. The lowest BCUT2D eigenvalue weighted by atomic mass is 10.1. The van der Waals surface area contributed by atoms with Gasteiger partial charge in [0.15, 0.2) is 0 Å². The van der Waals surface area contributed by atoms with Gasteiger partial charge in [-0.15, -0.1) is 0 Å². The second-order valence-corrected chi connectivity index (χ2v) is 5.45. The van der Waals surface area contributed by atoms with E-state index < -0.39 is 0 Å². The molecule has 0 aromatic heterocycles. The molecule has 1 N–H and O–H groups in total. The summed E-state index contributed by atoms with van der Waals surface area (Å²) >= 11 is 0. The van der Waals surface area contributed by atoms with E-state index in [9.17, 15) is 9.59 Å². The number of nitrogens with zero attached hydrogens (tertiary/aromatic N) is 1. The summed E-state index contributed by atoms with van der Waals surface area (Å²) in [5.74, 6) is -0.237. The van der Waals surface area contributed by atoms with Crippen molar-refractivity contribution in [2.24, 2.45) is 0 Å². The van der Waals surface area contributed by atoms with Crippen molar-refractivity contribution in [1.82, 2.24) is 10.2 Å². The zero-order valence-corrected chi connectivity index (χ0v) is 13.4. The lowest BCUT2D eigenvalue weighted by Crippen LogP contribution is -2.39. The Balaban J connectivity index is 1.80. The van der Waals surface area contributed by atoms with E-state index in [4.69, 9.17) is 0 Å². The second kappa shape index (κ2) is 8.73. The van der Waals surface area contributed by atoms with Crippen molar-refractivity contribution in [3.8, 4) is 0 Å². The molecule has 120 valence electrons. The second-order valence-electron chi connectivity index (χ2n) is 5.45. The van der Waals surface area contributed by atoms with Crippen LogP contribution in [0.15, 0.2) is 60.7 Å². The van der Waals surface area contributed by atoms with Crippen molar-refractivity contribution in [3.63, 3.8) is 0 Å². The molecule has 0 atom stereocenters. The third kappa shape index (κ3) is 5.94. The van der Waals surface area contributed by atoms with Gasteiger partial charge in [-0.05, 0) is 17.5 Å². The Morgan fingerprint density at radius 1 is 0.913 bits per heavy atom. The average Bonchev–Trinajstić information content (AvgIpc) is 2.56. The summed E-state index contributed by atoms with van der Waals surface area (Å²) in [6.45, 7) is 2.58. The zero-order chi connectivity index (χ0) is 16.5. The van der Waals surface area contributed by atoms with Gasteiger partial charge >= 0.3 is 0 Å². The first kappa shape index (κ1) is 16.7. The van der Waals surface area contributed by atoms with E-state index >= 15 is 0 Å². The quantitative estimate of drug-likeness (QED) is 0.853. The molecule has 0 heterocycles.